The summed E-state index contributed by atoms with van der Waals surface area (Å²) in [6, 6.07) is 8.80. The van der Waals surface area contributed by atoms with Crippen molar-refractivity contribution in [3.63, 3.8) is 0 Å². The van der Waals surface area contributed by atoms with Gasteiger partial charge in [-0.15, -0.1) is 0 Å². The van der Waals surface area contributed by atoms with E-state index in [0.29, 0.717) is 29.0 Å². The molecule has 4 rings (SSSR count). The van der Waals surface area contributed by atoms with Crippen molar-refractivity contribution in [2.24, 2.45) is 0 Å². The van der Waals surface area contributed by atoms with Crippen LogP contribution in [0.1, 0.15) is 21.5 Å². The maximum atomic E-state index is 13.1. The SMILES string of the molecule is O=C(Nc1cccc(-c2cn3cc(Br)cc(Br)c3n2)c1)c1cc(C(F)(F)F)cc(C(F)(F)F)c1. The number of alkyl halides is 6. The van der Waals surface area contributed by atoms with E-state index in [4.69, 9.17) is 0 Å². The van der Waals surface area contributed by atoms with Crippen LogP contribution >= 0.6 is 31.9 Å². The summed E-state index contributed by atoms with van der Waals surface area (Å²) < 4.78 is 81.9. The molecule has 0 bridgehead atoms. The van der Waals surface area contributed by atoms with E-state index >= 15 is 0 Å². The zero-order valence-corrected chi connectivity index (χ0v) is 19.8. The first-order valence-electron chi connectivity index (χ1n) is 9.36. The molecule has 0 saturated carbocycles. The predicted octanol–water partition coefficient (Wildman–Crippen LogP) is 7.82. The summed E-state index contributed by atoms with van der Waals surface area (Å²) in [6.45, 7) is 0. The van der Waals surface area contributed by atoms with E-state index in [2.05, 4.69) is 42.2 Å². The van der Waals surface area contributed by atoms with E-state index in [-0.39, 0.29) is 11.8 Å². The quantitative estimate of drug-likeness (QED) is 0.242. The molecule has 0 unspecified atom stereocenters. The number of nitrogens with zero attached hydrogens (tertiary/aromatic N) is 2. The number of anilines is 1. The lowest BCUT2D eigenvalue weighted by Crippen LogP contribution is -2.17. The number of imidazole rings is 1. The Kier molecular flexibility index (Phi) is 6.23. The first-order valence-corrected chi connectivity index (χ1v) is 10.9. The average molecular weight is 607 g/mol. The van der Waals surface area contributed by atoms with Crippen molar-refractivity contribution < 1.29 is 31.1 Å². The van der Waals surface area contributed by atoms with Gasteiger partial charge in [-0.2, -0.15) is 26.3 Å². The molecule has 0 fully saturated rings. The number of pyridine rings is 1. The second-order valence-electron chi connectivity index (χ2n) is 7.19. The van der Waals surface area contributed by atoms with Gasteiger partial charge in [-0.25, -0.2) is 4.98 Å². The molecule has 2 heterocycles. The third-order valence-electron chi connectivity index (χ3n) is 4.74. The highest BCUT2D eigenvalue weighted by atomic mass is 79.9. The van der Waals surface area contributed by atoms with Crippen LogP contribution in [0.5, 0.6) is 0 Å². The summed E-state index contributed by atoms with van der Waals surface area (Å²) in [5.41, 5.74) is -2.00. The van der Waals surface area contributed by atoms with Crippen molar-refractivity contribution in [3.05, 3.63) is 86.6 Å². The number of nitrogens with one attached hydrogen (secondary N) is 1. The van der Waals surface area contributed by atoms with Crippen LogP contribution in [0.15, 0.2) is 69.9 Å². The van der Waals surface area contributed by atoms with Crippen LogP contribution in [0.25, 0.3) is 16.9 Å². The monoisotopic (exact) mass is 605 g/mol. The number of rotatable bonds is 3. The molecule has 4 nitrogen and oxygen atoms in total. The van der Waals surface area contributed by atoms with Crippen LogP contribution in [0.4, 0.5) is 32.0 Å². The molecule has 0 spiro atoms. The van der Waals surface area contributed by atoms with Crippen molar-refractivity contribution in [2.75, 3.05) is 5.32 Å². The number of hydrogen-bond donors (Lipinski definition) is 1. The summed E-state index contributed by atoms with van der Waals surface area (Å²) in [5.74, 6) is -1.12. The van der Waals surface area contributed by atoms with Crippen molar-refractivity contribution >= 4 is 49.1 Å². The lowest BCUT2D eigenvalue weighted by molar-refractivity contribution is -0.143. The Hall–Kier alpha value is -2.86. The molecule has 0 aliphatic rings. The molecule has 1 amide bonds. The second kappa shape index (κ2) is 8.73. The standard InChI is InChI=1S/C22H11Br2F6N3O/c23-15-8-17(24)19-32-18(10-33(19)9-15)11-2-1-3-16(6-11)31-20(34)12-4-13(21(25,26)27)7-14(5-12)22(28,29)30/h1-10H,(H,31,34). The summed E-state index contributed by atoms with van der Waals surface area (Å²) in [7, 11) is 0. The zero-order chi connectivity index (χ0) is 24.8. The lowest BCUT2D eigenvalue weighted by Gasteiger charge is -2.14. The summed E-state index contributed by atoms with van der Waals surface area (Å²) in [4.78, 5) is 17.1. The molecule has 0 atom stereocenters. The Balaban J connectivity index is 1.66. The van der Waals surface area contributed by atoms with Crippen LogP contribution in [0, 0.1) is 0 Å². The van der Waals surface area contributed by atoms with Gasteiger partial charge in [-0.3, -0.25) is 4.79 Å². The minimum absolute atomic E-state index is 0.0305. The molecule has 2 aromatic carbocycles. The number of carbonyl (C=O) groups excluding carboxylic acids is 1. The normalized spacial score (nSPS) is 12.2. The fourth-order valence-electron chi connectivity index (χ4n) is 3.21. The third-order valence-corrected chi connectivity index (χ3v) is 5.76. The fourth-order valence-corrected chi connectivity index (χ4v) is 4.51. The topological polar surface area (TPSA) is 46.4 Å². The van der Waals surface area contributed by atoms with E-state index in [1.807, 2.05) is 6.07 Å². The highest BCUT2D eigenvalue weighted by molar-refractivity contribution is 9.11. The number of amides is 1. The van der Waals surface area contributed by atoms with Gasteiger partial charge in [0.1, 0.15) is 0 Å². The maximum Gasteiger partial charge on any atom is 0.416 e. The van der Waals surface area contributed by atoms with E-state index in [9.17, 15) is 31.1 Å². The first-order chi connectivity index (χ1) is 15.8. The average Bonchev–Trinajstić information content (AvgIpc) is 3.17. The molecule has 34 heavy (non-hydrogen) atoms. The van der Waals surface area contributed by atoms with Gasteiger partial charge < -0.3 is 9.72 Å². The van der Waals surface area contributed by atoms with Crippen LogP contribution in [-0.2, 0) is 12.4 Å². The summed E-state index contributed by atoms with van der Waals surface area (Å²) >= 11 is 6.79. The third kappa shape index (κ3) is 5.12. The minimum atomic E-state index is -5.05. The molecular weight excluding hydrogens is 596 g/mol. The van der Waals surface area contributed by atoms with Gasteiger partial charge in [0, 0.05) is 33.7 Å². The number of hydrogen-bond acceptors (Lipinski definition) is 2. The highest BCUT2D eigenvalue weighted by Crippen LogP contribution is 2.36. The number of halogens is 8. The summed E-state index contributed by atoms with van der Waals surface area (Å²) in [6.07, 6.45) is -6.59. The van der Waals surface area contributed by atoms with E-state index in [0.717, 1.165) is 8.95 Å². The largest absolute Gasteiger partial charge is 0.416 e. The number of carbonyl (C=O) groups is 1. The molecular formula is C22H11Br2F6N3O. The molecule has 4 aromatic rings. The second-order valence-corrected chi connectivity index (χ2v) is 8.96. The molecule has 0 aliphatic carbocycles. The predicted molar refractivity (Wildman–Crippen MR) is 120 cm³/mol. The van der Waals surface area contributed by atoms with Crippen LogP contribution in [0.2, 0.25) is 0 Å². The Morgan fingerprint density at radius 2 is 1.53 bits per heavy atom. The summed E-state index contributed by atoms with van der Waals surface area (Å²) in [5, 5.41) is 2.35. The molecule has 0 radical (unpaired) electrons. The van der Waals surface area contributed by atoms with Gasteiger partial charge in [-0.05, 0) is 68.3 Å². The van der Waals surface area contributed by atoms with Crippen LogP contribution in [0.3, 0.4) is 0 Å². The zero-order valence-electron chi connectivity index (χ0n) is 16.6. The van der Waals surface area contributed by atoms with Crippen molar-refractivity contribution in [1.82, 2.24) is 9.38 Å². The van der Waals surface area contributed by atoms with Crippen molar-refractivity contribution in [2.45, 2.75) is 12.4 Å². The van der Waals surface area contributed by atoms with Gasteiger partial charge in [0.05, 0.1) is 21.3 Å². The molecule has 0 aliphatic heterocycles. The first kappa shape index (κ1) is 24.3. The van der Waals surface area contributed by atoms with Crippen LogP contribution in [-0.4, -0.2) is 15.3 Å². The van der Waals surface area contributed by atoms with Gasteiger partial charge in [0.25, 0.3) is 5.91 Å². The van der Waals surface area contributed by atoms with Gasteiger partial charge in [0.2, 0.25) is 0 Å². The van der Waals surface area contributed by atoms with E-state index in [1.54, 1.807) is 28.9 Å². The molecule has 2 aromatic heterocycles. The van der Waals surface area contributed by atoms with Gasteiger partial charge in [-0.1, -0.05) is 12.1 Å². The van der Waals surface area contributed by atoms with E-state index < -0.39 is 35.0 Å². The number of fused-ring (bicyclic) bond motifs is 1. The fraction of sp³-hybridized carbons (Fsp3) is 0.0909. The minimum Gasteiger partial charge on any atom is -0.322 e. The molecule has 176 valence electrons. The lowest BCUT2D eigenvalue weighted by atomic mass is 10.0. The van der Waals surface area contributed by atoms with Crippen molar-refractivity contribution in [1.29, 1.82) is 0 Å². The maximum absolute atomic E-state index is 13.1. The van der Waals surface area contributed by atoms with Crippen molar-refractivity contribution in [3.8, 4) is 11.3 Å². The molecule has 1 N–H and O–H groups in total. The number of benzene rings is 2. The number of aromatic nitrogens is 2. The van der Waals surface area contributed by atoms with Crippen LogP contribution < -0.4 is 5.32 Å². The Labute approximate surface area is 204 Å². The highest BCUT2D eigenvalue weighted by Gasteiger charge is 2.37. The van der Waals surface area contributed by atoms with Gasteiger partial charge >= 0.3 is 12.4 Å². The Morgan fingerprint density at radius 1 is 0.882 bits per heavy atom. The van der Waals surface area contributed by atoms with Gasteiger partial charge in [0.15, 0.2) is 5.65 Å². The van der Waals surface area contributed by atoms with E-state index in [1.165, 1.54) is 12.1 Å². The molecule has 12 heteroatoms. The Morgan fingerprint density at radius 3 is 2.15 bits per heavy atom. The smallest absolute Gasteiger partial charge is 0.322 e. The Bertz CT molecular complexity index is 1380. The molecule has 0 saturated heterocycles.